The lowest BCUT2D eigenvalue weighted by Gasteiger charge is -2.44. The van der Waals surface area contributed by atoms with E-state index in [9.17, 15) is 14.7 Å². The standard InChI is InChI=1S/C20H28N2O6/c1-12(24)21-17-16-15(26-18(27-16)13-8-6-5-7-9-13)14(11-23)10-22(17)19(25)28-20(2,3)4/h5-9,14-18,23H,10-11H2,1-4H3,(H,21,24)/t14-,15+,16+,17+,18+/m1/s1. The average Bonchev–Trinajstić information content (AvgIpc) is 3.06. The van der Waals surface area contributed by atoms with Gasteiger partial charge in [-0.1, -0.05) is 30.3 Å². The lowest BCUT2D eigenvalue weighted by atomic mass is 9.91. The number of carbonyl (C=O) groups is 2. The second-order valence-electron chi connectivity index (χ2n) is 8.16. The molecule has 2 aliphatic rings. The van der Waals surface area contributed by atoms with Crippen LogP contribution in [0.1, 0.15) is 39.5 Å². The van der Waals surface area contributed by atoms with Crippen LogP contribution in [0.25, 0.3) is 0 Å². The summed E-state index contributed by atoms with van der Waals surface area (Å²) in [5.41, 5.74) is 0.141. The van der Waals surface area contributed by atoms with Gasteiger partial charge >= 0.3 is 6.09 Å². The molecule has 5 atom stereocenters. The number of carbonyl (C=O) groups excluding carboxylic acids is 2. The van der Waals surface area contributed by atoms with Crippen LogP contribution in [0.4, 0.5) is 4.79 Å². The molecule has 0 aromatic heterocycles. The van der Waals surface area contributed by atoms with Crippen molar-refractivity contribution in [2.24, 2.45) is 5.92 Å². The van der Waals surface area contributed by atoms with Crippen LogP contribution in [-0.2, 0) is 19.0 Å². The van der Waals surface area contributed by atoms with Crippen molar-refractivity contribution in [3.8, 4) is 0 Å². The first-order valence-electron chi connectivity index (χ1n) is 9.43. The van der Waals surface area contributed by atoms with Crippen LogP contribution in [-0.4, -0.2) is 59.1 Å². The van der Waals surface area contributed by atoms with Crippen molar-refractivity contribution >= 4 is 12.0 Å². The number of amides is 2. The van der Waals surface area contributed by atoms with Crippen molar-refractivity contribution in [1.82, 2.24) is 10.2 Å². The lowest BCUT2D eigenvalue weighted by molar-refractivity contribution is -0.126. The normalized spacial score (nSPS) is 29.9. The Morgan fingerprint density at radius 1 is 1.21 bits per heavy atom. The van der Waals surface area contributed by atoms with Crippen molar-refractivity contribution in [2.75, 3.05) is 13.2 Å². The fourth-order valence-corrected chi connectivity index (χ4v) is 3.56. The van der Waals surface area contributed by atoms with E-state index < -0.39 is 36.4 Å². The summed E-state index contributed by atoms with van der Waals surface area (Å²) >= 11 is 0. The first kappa shape index (κ1) is 20.6. The van der Waals surface area contributed by atoms with Crippen molar-refractivity contribution in [3.63, 3.8) is 0 Å². The Morgan fingerprint density at radius 2 is 1.86 bits per heavy atom. The number of likely N-dealkylation sites (tertiary alicyclic amines) is 1. The maximum absolute atomic E-state index is 12.8. The Bertz CT molecular complexity index is 704. The number of hydrogen-bond donors (Lipinski definition) is 2. The summed E-state index contributed by atoms with van der Waals surface area (Å²) in [4.78, 5) is 26.0. The summed E-state index contributed by atoms with van der Waals surface area (Å²) in [6.45, 7) is 6.70. The number of rotatable bonds is 3. The molecule has 28 heavy (non-hydrogen) atoms. The van der Waals surface area contributed by atoms with E-state index in [1.165, 1.54) is 11.8 Å². The molecule has 2 heterocycles. The largest absolute Gasteiger partial charge is 0.444 e. The highest BCUT2D eigenvalue weighted by Crippen LogP contribution is 2.40. The summed E-state index contributed by atoms with van der Waals surface area (Å²) < 4.78 is 17.7. The van der Waals surface area contributed by atoms with Crippen LogP contribution in [0, 0.1) is 5.92 Å². The van der Waals surface area contributed by atoms with Gasteiger partial charge in [-0.2, -0.15) is 0 Å². The molecule has 154 valence electrons. The minimum absolute atomic E-state index is 0.182. The zero-order valence-electron chi connectivity index (χ0n) is 16.6. The minimum atomic E-state index is -0.756. The highest BCUT2D eigenvalue weighted by Gasteiger charge is 2.53. The quantitative estimate of drug-likeness (QED) is 0.814. The van der Waals surface area contributed by atoms with Gasteiger partial charge in [0, 0.05) is 24.9 Å². The van der Waals surface area contributed by atoms with Crippen LogP contribution in [0.2, 0.25) is 0 Å². The Hall–Kier alpha value is -2.16. The first-order valence-corrected chi connectivity index (χ1v) is 9.43. The Labute approximate surface area is 164 Å². The SMILES string of the molecule is CC(=O)N[C@@H]1[C@H]2O[C@@H](c3ccccc3)O[C@H]2[C@@H](CO)CN1C(=O)OC(C)(C)C. The van der Waals surface area contributed by atoms with Crippen molar-refractivity contribution < 1.29 is 28.9 Å². The van der Waals surface area contributed by atoms with Crippen LogP contribution in [0.3, 0.4) is 0 Å². The number of aliphatic hydroxyl groups excluding tert-OH is 1. The summed E-state index contributed by atoms with van der Waals surface area (Å²) in [5, 5.41) is 12.7. The fourth-order valence-electron chi connectivity index (χ4n) is 3.56. The number of fused-ring (bicyclic) bond motifs is 1. The van der Waals surface area contributed by atoms with Gasteiger partial charge in [0.1, 0.15) is 17.9 Å². The molecule has 2 fully saturated rings. The van der Waals surface area contributed by atoms with Gasteiger partial charge < -0.3 is 24.6 Å². The van der Waals surface area contributed by atoms with Gasteiger partial charge in [0.05, 0.1) is 12.7 Å². The van der Waals surface area contributed by atoms with E-state index in [1.54, 1.807) is 20.8 Å². The van der Waals surface area contributed by atoms with Gasteiger partial charge in [0.25, 0.3) is 0 Å². The molecular formula is C20H28N2O6. The number of nitrogens with zero attached hydrogens (tertiary/aromatic N) is 1. The maximum atomic E-state index is 12.8. The van der Waals surface area contributed by atoms with Crippen LogP contribution >= 0.6 is 0 Å². The molecule has 0 spiro atoms. The summed E-state index contributed by atoms with van der Waals surface area (Å²) in [6, 6.07) is 9.42. The van der Waals surface area contributed by atoms with Gasteiger partial charge in [-0.05, 0) is 20.8 Å². The van der Waals surface area contributed by atoms with Gasteiger partial charge in [0.15, 0.2) is 6.29 Å². The fraction of sp³-hybridized carbons (Fsp3) is 0.600. The zero-order valence-corrected chi connectivity index (χ0v) is 16.6. The number of benzene rings is 1. The molecule has 0 bridgehead atoms. The molecule has 3 rings (SSSR count). The number of aliphatic hydroxyl groups is 1. The van der Waals surface area contributed by atoms with Crippen LogP contribution in [0.15, 0.2) is 30.3 Å². The summed E-state index contributed by atoms with van der Waals surface area (Å²) in [5.74, 6) is -0.664. The maximum Gasteiger partial charge on any atom is 0.412 e. The van der Waals surface area contributed by atoms with E-state index in [1.807, 2.05) is 30.3 Å². The van der Waals surface area contributed by atoms with E-state index >= 15 is 0 Å². The number of piperidine rings is 1. The Morgan fingerprint density at radius 3 is 2.43 bits per heavy atom. The highest BCUT2D eigenvalue weighted by atomic mass is 16.7. The number of nitrogens with one attached hydrogen (secondary N) is 1. The molecule has 1 aromatic rings. The zero-order chi connectivity index (χ0) is 20.5. The molecule has 2 N–H and O–H groups in total. The molecule has 8 nitrogen and oxygen atoms in total. The van der Waals surface area contributed by atoms with Crippen molar-refractivity contribution in [1.29, 1.82) is 0 Å². The predicted octanol–water partition coefficient (Wildman–Crippen LogP) is 1.79. The third-order valence-electron chi connectivity index (χ3n) is 4.71. The third-order valence-corrected chi connectivity index (χ3v) is 4.71. The first-order chi connectivity index (χ1) is 13.2. The van der Waals surface area contributed by atoms with E-state index in [4.69, 9.17) is 14.2 Å². The van der Waals surface area contributed by atoms with E-state index in [0.29, 0.717) is 0 Å². The topological polar surface area (TPSA) is 97.3 Å². The van der Waals surface area contributed by atoms with Crippen molar-refractivity contribution in [2.45, 2.75) is 58.0 Å². The molecule has 2 saturated heterocycles. The molecule has 1 aromatic carbocycles. The molecule has 0 saturated carbocycles. The molecule has 2 amide bonds. The highest BCUT2D eigenvalue weighted by molar-refractivity contribution is 5.75. The molecule has 8 heteroatoms. The molecule has 0 unspecified atom stereocenters. The van der Waals surface area contributed by atoms with E-state index in [-0.39, 0.29) is 25.0 Å². The van der Waals surface area contributed by atoms with E-state index in [0.717, 1.165) is 5.56 Å². The smallest absolute Gasteiger partial charge is 0.412 e. The second-order valence-corrected chi connectivity index (χ2v) is 8.16. The third kappa shape index (κ3) is 4.45. The molecular weight excluding hydrogens is 364 g/mol. The molecule has 0 aliphatic carbocycles. The predicted molar refractivity (Wildman–Crippen MR) is 100 cm³/mol. The Balaban J connectivity index is 1.88. The Kier molecular flexibility index (Phi) is 5.92. The van der Waals surface area contributed by atoms with Crippen molar-refractivity contribution in [3.05, 3.63) is 35.9 Å². The summed E-state index contributed by atoms with van der Waals surface area (Å²) in [7, 11) is 0. The minimum Gasteiger partial charge on any atom is -0.444 e. The van der Waals surface area contributed by atoms with Gasteiger partial charge in [0.2, 0.25) is 5.91 Å². The van der Waals surface area contributed by atoms with Gasteiger partial charge in [-0.3, -0.25) is 9.69 Å². The number of hydrogen-bond acceptors (Lipinski definition) is 6. The monoisotopic (exact) mass is 392 g/mol. The van der Waals surface area contributed by atoms with Crippen LogP contribution < -0.4 is 5.32 Å². The second kappa shape index (κ2) is 8.06. The number of ether oxygens (including phenoxy) is 3. The van der Waals surface area contributed by atoms with Gasteiger partial charge in [-0.15, -0.1) is 0 Å². The van der Waals surface area contributed by atoms with Crippen LogP contribution in [0.5, 0.6) is 0 Å². The molecule has 2 aliphatic heterocycles. The lowest BCUT2D eigenvalue weighted by Crippen LogP contribution is -2.66. The summed E-state index contributed by atoms with van der Waals surface area (Å²) in [6.07, 6.45) is -3.07. The van der Waals surface area contributed by atoms with Gasteiger partial charge in [-0.25, -0.2) is 4.79 Å². The van der Waals surface area contributed by atoms with E-state index in [2.05, 4.69) is 5.32 Å². The molecule has 0 radical (unpaired) electrons. The average molecular weight is 392 g/mol.